The Bertz CT molecular complexity index is 1100. The zero-order valence-electron chi connectivity index (χ0n) is 15.7. The van der Waals surface area contributed by atoms with E-state index in [-0.39, 0.29) is 11.7 Å². The number of aromatic nitrogens is 2. The van der Waals surface area contributed by atoms with Gasteiger partial charge in [0.2, 0.25) is 10.0 Å². The van der Waals surface area contributed by atoms with Crippen LogP contribution in [-0.2, 0) is 15.8 Å². The molecule has 1 aromatic carbocycles. The summed E-state index contributed by atoms with van der Waals surface area (Å²) in [7, 11) is -3.40. The van der Waals surface area contributed by atoms with Crippen molar-refractivity contribution < 1.29 is 13.2 Å². The fourth-order valence-corrected chi connectivity index (χ4v) is 4.97. The van der Waals surface area contributed by atoms with Crippen LogP contribution in [0.3, 0.4) is 0 Å². The van der Waals surface area contributed by atoms with E-state index in [4.69, 9.17) is 0 Å². The highest BCUT2D eigenvalue weighted by Gasteiger charge is 2.30. The van der Waals surface area contributed by atoms with Gasteiger partial charge in [0.05, 0.1) is 5.75 Å². The van der Waals surface area contributed by atoms with Crippen molar-refractivity contribution in [1.82, 2.24) is 18.6 Å². The molecule has 8 heteroatoms. The van der Waals surface area contributed by atoms with Crippen LogP contribution in [0.1, 0.15) is 21.7 Å². The predicted octanol–water partition coefficient (Wildman–Crippen LogP) is 1.93. The standard InChI is InChI=1S/C20H22N4O3S/c1-16-6-5-9-19-21-18(14-24(16)19)20(25)22-10-12-23(13-11-22)28(26,27)15-17-7-3-2-4-8-17/h2-9,14H,10-13,15H2,1H3. The predicted molar refractivity (Wildman–Crippen MR) is 106 cm³/mol. The number of aryl methyl sites for hydroxylation is 1. The number of amides is 1. The minimum Gasteiger partial charge on any atom is -0.335 e. The Morgan fingerprint density at radius 3 is 2.39 bits per heavy atom. The Kier molecular flexibility index (Phi) is 4.91. The maximum atomic E-state index is 12.8. The number of pyridine rings is 1. The fraction of sp³-hybridized carbons (Fsp3) is 0.300. The number of nitrogens with zero attached hydrogens (tertiary/aromatic N) is 4. The van der Waals surface area contributed by atoms with Gasteiger partial charge in [-0.25, -0.2) is 13.4 Å². The monoisotopic (exact) mass is 398 g/mol. The molecule has 2 aromatic heterocycles. The molecule has 0 aliphatic carbocycles. The molecular formula is C20H22N4O3S. The normalized spacial score (nSPS) is 15.8. The van der Waals surface area contributed by atoms with Crippen LogP contribution in [0.25, 0.3) is 5.65 Å². The zero-order valence-corrected chi connectivity index (χ0v) is 16.5. The Balaban J connectivity index is 1.43. The lowest BCUT2D eigenvalue weighted by molar-refractivity contribution is 0.0692. The van der Waals surface area contributed by atoms with Crippen molar-refractivity contribution in [2.75, 3.05) is 26.2 Å². The van der Waals surface area contributed by atoms with Gasteiger partial charge in [0.25, 0.3) is 5.91 Å². The molecule has 146 valence electrons. The molecule has 0 spiro atoms. The molecule has 1 fully saturated rings. The average Bonchev–Trinajstić information content (AvgIpc) is 3.14. The minimum absolute atomic E-state index is 0.0203. The summed E-state index contributed by atoms with van der Waals surface area (Å²) in [5.74, 6) is -0.184. The number of carbonyl (C=O) groups excluding carboxylic acids is 1. The molecule has 4 rings (SSSR count). The van der Waals surface area contributed by atoms with Crippen molar-refractivity contribution >= 4 is 21.6 Å². The number of hydrogen-bond acceptors (Lipinski definition) is 4. The van der Waals surface area contributed by atoms with Crippen LogP contribution < -0.4 is 0 Å². The van der Waals surface area contributed by atoms with Gasteiger partial charge < -0.3 is 9.30 Å². The number of fused-ring (bicyclic) bond motifs is 1. The highest BCUT2D eigenvalue weighted by molar-refractivity contribution is 7.88. The van der Waals surface area contributed by atoms with E-state index in [1.54, 1.807) is 11.1 Å². The summed E-state index contributed by atoms with van der Waals surface area (Å²) in [5.41, 5.74) is 2.88. The maximum Gasteiger partial charge on any atom is 0.274 e. The number of imidazole rings is 1. The topological polar surface area (TPSA) is 75.0 Å². The van der Waals surface area contributed by atoms with Crippen LogP contribution in [-0.4, -0.2) is 59.1 Å². The molecule has 3 aromatic rings. The Morgan fingerprint density at radius 1 is 1.00 bits per heavy atom. The highest BCUT2D eigenvalue weighted by Crippen LogP contribution is 2.16. The maximum absolute atomic E-state index is 12.8. The lowest BCUT2D eigenvalue weighted by Gasteiger charge is -2.33. The summed E-state index contributed by atoms with van der Waals surface area (Å²) >= 11 is 0. The first-order valence-electron chi connectivity index (χ1n) is 9.20. The van der Waals surface area contributed by atoms with E-state index in [9.17, 15) is 13.2 Å². The van der Waals surface area contributed by atoms with Crippen molar-refractivity contribution in [1.29, 1.82) is 0 Å². The van der Waals surface area contributed by atoms with Crippen molar-refractivity contribution in [2.45, 2.75) is 12.7 Å². The van der Waals surface area contributed by atoms with Crippen LogP contribution in [0.2, 0.25) is 0 Å². The number of carbonyl (C=O) groups is 1. The summed E-state index contributed by atoms with van der Waals surface area (Å²) < 4.78 is 28.7. The molecule has 3 heterocycles. The molecule has 0 radical (unpaired) electrons. The Hall–Kier alpha value is -2.71. The van der Waals surface area contributed by atoms with Gasteiger partial charge >= 0.3 is 0 Å². The van der Waals surface area contributed by atoms with E-state index in [1.807, 2.05) is 59.9 Å². The molecule has 0 N–H and O–H groups in total. The first kappa shape index (κ1) is 18.6. The van der Waals surface area contributed by atoms with Gasteiger partial charge in [-0.1, -0.05) is 36.4 Å². The largest absolute Gasteiger partial charge is 0.335 e. The fourth-order valence-electron chi connectivity index (χ4n) is 3.46. The lowest BCUT2D eigenvalue weighted by atomic mass is 10.2. The molecule has 1 aliphatic heterocycles. The molecule has 0 bridgehead atoms. The van der Waals surface area contributed by atoms with Gasteiger partial charge in [0.1, 0.15) is 11.3 Å². The van der Waals surface area contributed by atoms with Crippen molar-refractivity contribution in [2.24, 2.45) is 0 Å². The molecule has 0 saturated carbocycles. The second-order valence-corrected chi connectivity index (χ2v) is 8.92. The molecular weight excluding hydrogens is 376 g/mol. The third-order valence-electron chi connectivity index (χ3n) is 5.03. The van der Waals surface area contributed by atoms with Gasteiger partial charge in [-0.15, -0.1) is 0 Å². The first-order valence-corrected chi connectivity index (χ1v) is 10.8. The summed E-state index contributed by atoms with van der Waals surface area (Å²) in [6.07, 6.45) is 1.74. The van der Waals surface area contributed by atoms with Gasteiger partial charge in [-0.3, -0.25) is 4.79 Å². The van der Waals surface area contributed by atoms with E-state index < -0.39 is 10.0 Å². The van der Waals surface area contributed by atoms with E-state index in [1.165, 1.54) is 4.31 Å². The number of rotatable bonds is 4. The van der Waals surface area contributed by atoms with E-state index in [0.29, 0.717) is 31.9 Å². The molecule has 1 amide bonds. The molecule has 0 unspecified atom stereocenters. The van der Waals surface area contributed by atoms with Crippen LogP contribution in [0.5, 0.6) is 0 Å². The van der Waals surface area contributed by atoms with Gasteiger partial charge in [0.15, 0.2) is 0 Å². The van der Waals surface area contributed by atoms with Gasteiger partial charge in [-0.05, 0) is 24.6 Å². The quantitative estimate of drug-likeness (QED) is 0.673. The van der Waals surface area contributed by atoms with Crippen LogP contribution in [0.15, 0.2) is 54.7 Å². The molecule has 0 atom stereocenters. The summed E-state index contributed by atoms with van der Waals surface area (Å²) in [6.45, 7) is 3.28. The second kappa shape index (κ2) is 7.37. The molecule has 1 aliphatic rings. The highest BCUT2D eigenvalue weighted by atomic mass is 32.2. The smallest absolute Gasteiger partial charge is 0.274 e. The number of piperazine rings is 1. The third-order valence-corrected chi connectivity index (χ3v) is 6.88. The Labute approximate surface area is 164 Å². The molecule has 28 heavy (non-hydrogen) atoms. The second-order valence-electron chi connectivity index (χ2n) is 6.95. The van der Waals surface area contributed by atoms with Gasteiger partial charge in [0, 0.05) is 38.1 Å². The number of hydrogen-bond donors (Lipinski definition) is 0. The third kappa shape index (κ3) is 3.65. The van der Waals surface area contributed by atoms with Gasteiger partial charge in [-0.2, -0.15) is 4.31 Å². The van der Waals surface area contributed by atoms with Crippen molar-refractivity contribution in [3.05, 3.63) is 71.7 Å². The van der Waals surface area contributed by atoms with E-state index >= 15 is 0 Å². The van der Waals surface area contributed by atoms with Crippen molar-refractivity contribution in [3.8, 4) is 0 Å². The molecule has 7 nitrogen and oxygen atoms in total. The summed E-state index contributed by atoms with van der Waals surface area (Å²) in [5, 5.41) is 0. The Morgan fingerprint density at radius 2 is 1.71 bits per heavy atom. The average molecular weight is 398 g/mol. The summed E-state index contributed by atoms with van der Waals surface area (Å²) in [4.78, 5) is 18.9. The van der Waals surface area contributed by atoms with Crippen molar-refractivity contribution in [3.63, 3.8) is 0 Å². The number of benzene rings is 1. The SMILES string of the molecule is Cc1cccc2nc(C(=O)N3CCN(S(=O)(=O)Cc4ccccc4)CC3)cn12. The van der Waals surface area contributed by atoms with E-state index in [0.717, 1.165) is 16.9 Å². The minimum atomic E-state index is -3.40. The van der Waals surface area contributed by atoms with E-state index in [2.05, 4.69) is 4.98 Å². The zero-order chi connectivity index (χ0) is 19.7. The van der Waals surface area contributed by atoms with Crippen LogP contribution >= 0.6 is 0 Å². The van der Waals surface area contributed by atoms with Crippen LogP contribution in [0.4, 0.5) is 0 Å². The first-order chi connectivity index (χ1) is 13.4. The molecule has 1 saturated heterocycles. The van der Waals surface area contributed by atoms with Crippen LogP contribution in [0, 0.1) is 6.92 Å². The number of sulfonamides is 1. The summed E-state index contributed by atoms with van der Waals surface area (Å²) in [6, 6.07) is 14.9. The lowest BCUT2D eigenvalue weighted by Crippen LogP contribution is -2.50.